The quantitative estimate of drug-likeness (QED) is 0.690. The lowest BCUT2D eigenvalue weighted by Crippen LogP contribution is -2.25. The molecule has 4 rings (SSSR count). The third kappa shape index (κ3) is 3.25. The van der Waals surface area contributed by atoms with Crippen LogP contribution in [-0.2, 0) is 4.79 Å². The Labute approximate surface area is 159 Å². The lowest BCUT2D eigenvalue weighted by atomic mass is 10.1. The number of carbonyl (C=O) groups excluding carboxylic acids is 1. The van der Waals surface area contributed by atoms with Gasteiger partial charge in [-0.15, -0.1) is 0 Å². The summed E-state index contributed by atoms with van der Waals surface area (Å²) in [5.41, 5.74) is 6.48. The van der Waals surface area contributed by atoms with Gasteiger partial charge in [0.1, 0.15) is 0 Å². The molecule has 2 aromatic carbocycles. The second kappa shape index (κ2) is 6.65. The summed E-state index contributed by atoms with van der Waals surface area (Å²) in [6.07, 6.45) is 0.391. The Balaban J connectivity index is 1.60. The molecule has 27 heavy (non-hydrogen) atoms. The predicted molar refractivity (Wildman–Crippen MR) is 105 cm³/mol. The smallest absolute Gasteiger partial charge is 0.232 e. The normalized spacial score (nSPS) is 17.0. The third-order valence-corrected chi connectivity index (χ3v) is 5.19. The van der Waals surface area contributed by atoms with Crippen LogP contribution in [0.5, 0.6) is 0 Å². The van der Waals surface area contributed by atoms with Crippen molar-refractivity contribution in [2.75, 3.05) is 11.4 Å². The van der Waals surface area contributed by atoms with Gasteiger partial charge < -0.3 is 9.42 Å². The van der Waals surface area contributed by atoms with Crippen LogP contribution in [0.25, 0.3) is 11.4 Å². The fraction of sp³-hybridized carbons (Fsp3) is 0.318. The van der Waals surface area contributed by atoms with Gasteiger partial charge in [0.15, 0.2) is 0 Å². The van der Waals surface area contributed by atoms with E-state index >= 15 is 0 Å². The van der Waals surface area contributed by atoms with E-state index in [2.05, 4.69) is 41.3 Å². The van der Waals surface area contributed by atoms with E-state index < -0.39 is 0 Å². The number of benzene rings is 2. The van der Waals surface area contributed by atoms with Crippen molar-refractivity contribution in [1.82, 2.24) is 10.1 Å². The number of hydrogen-bond acceptors (Lipinski definition) is 4. The van der Waals surface area contributed by atoms with Crippen molar-refractivity contribution < 1.29 is 9.32 Å². The van der Waals surface area contributed by atoms with Crippen molar-refractivity contribution in [2.24, 2.45) is 0 Å². The molecule has 3 aromatic rings. The zero-order valence-corrected chi connectivity index (χ0v) is 16.1. The van der Waals surface area contributed by atoms with Crippen molar-refractivity contribution in [3.05, 3.63) is 64.5 Å². The number of carbonyl (C=O) groups is 1. The molecule has 1 aliphatic heterocycles. The van der Waals surface area contributed by atoms with Gasteiger partial charge in [-0.1, -0.05) is 41.1 Å². The van der Waals surface area contributed by atoms with Crippen LogP contribution < -0.4 is 4.90 Å². The van der Waals surface area contributed by atoms with Gasteiger partial charge in [0.05, 0.1) is 5.92 Å². The number of aromatic nitrogens is 2. The van der Waals surface area contributed by atoms with Crippen LogP contribution in [0, 0.1) is 27.7 Å². The molecule has 2 heterocycles. The van der Waals surface area contributed by atoms with Crippen molar-refractivity contribution in [3.8, 4) is 11.4 Å². The van der Waals surface area contributed by atoms with E-state index in [9.17, 15) is 4.79 Å². The maximum atomic E-state index is 12.6. The molecule has 1 unspecified atom stereocenters. The molecule has 1 amide bonds. The van der Waals surface area contributed by atoms with Crippen LogP contribution in [0.1, 0.15) is 40.5 Å². The molecule has 5 heteroatoms. The van der Waals surface area contributed by atoms with E-state index in [0.717, 1.165) is 27.9 Å². The average Bonchev–Trinajstić information content (AvgIpc) is 3.24. The summed E-state index contributed by atoms with van der Waals surface area (Å²) in [5, 5.41) is 4.16. The maximum absolute atomic E-state index is 12.6. The van der Waals surface area contributed by atoms with Crippen LogP contribution in [0.4, 0.5) is 5.69 Å². The van der Waals surface area contributed by atoms with Crippen molar-refractivity contribution in [3.63, 3.8) is 0 Å². The topological polar surface area (TPSA) is 59.2 Å². The van der Waals surface area contributed by atoms with Gasteiger partial charge in [-0.2, -0.15) is 4.98 Å². The first-order chi connectivity index (χ1) is 12.9. The fourth-order valence-electron chi connectivity index (χ4n) is 3.69. The van der Waals surface area contributed by atoms with Crippen molar-refractivity contribution >= 4 is 11.6 Å². The zero-order valence-electron chi connectivity index (χ0n) is 16.1. The van der Waals surface area contributed by atoms with Gasteiger partial charge in [-0.3, -0.25) is 4.79 Å². The van der Waals surface area contributed by atoms with Crippen LogP contribution in [0.15, 0.2) is 40.9 Å². The molecule has 0 spiro atoms. The molecular formula is C22H23N3O2. The minimum atomic E-state index is -0.0792. The molecule has 0 N–H and O–H groups in total. The van der Waals surface area contributed by atoms with E-state index in [0.29, 0.717) is 24.7 Å². The Morgan fingerprint density at radius 3 is 2.52 bits per heavy atom. The van der Waals surface area contributed by atoms with E-state index in [4.69, 9.17) is 4.52 Å². The summed E-state index contributed by atoms with van der Waals surface area (Å²) >= 11 is 0. The Hall–Kier alpha value is -2.95. The molecule has 1 fully saturated rings. The molecule has 0 saturated carbocycles. The van der Waals surface area contributed by atoms with Gasteiger partial charge in [0, 0.05) is 24.2 Å². The first kappa shape index (κ1) is 17.5. The van der Waals surface area contributed by atoms with Gasteiger partial charge in [-0.05, 0) is 50.5 Å². The Bertz CT molecular complexity index is 1020. The van der Waals surface area contributed by atoms with Gasteiger partial charge in [0.2, 0.25) is 17.6 Å². The highest BCUT2D eigenvalue weighted by molar-refractivity contribution is 5.97. The summed E-state index contributed by atoms with van der Waals surface area (Å²) in [5.74, 6) is 1.13. The molecule has 1 aliphatic rings. The van der Waals surface area contributed by atoms with Gasteiger partial charge in [-0.25, -0.2) is 0 Å². The molecule has 0 aliphatic carbocycles. The second-order valence-corrected chi connectivity index (χ2v) is 7.47. The predicted octanol–water partition coefficient (Wildman–Crippen LogP) is 4.49. The molecule has 1 saturated heterocycles. The van der Waals surface area contributed by atoms with E-state index in [1.165, 1.54) is 5.56 Å². The Morgan fingerprint density at radius 1 is 1.00 bits per heavy atom. The monoisotopic (exact) mass is 361 g/mol. The maximum Gasteiger partial charge on any atom is 0.232 e. The van der Waals surface area contributed by atoms with E-state index in [-0.39, 0.29) is 11.8 Å². The molecule has 1 atom stereocenters. The average molecular weight is 361 g/mol. The first-order valence-corrected chi connectivity index (χ1v) is 9.21. The van der Waals surface area contributed by atoms with Crippen LogP contribution >= 0.6 is 0 Å². The number of anilines is 1. The van der Waals surface area contributed by atoms with Crippen LogP contribution in [0.3, 0.4) is 0 Å². The van der Waals surface area contributed by atoms with E-state index in [1.807, 2.05) is 37.8 Å². The summed E-state index contributed by atoms with van der Waals surface area (Å²) < 4.78 is 5.53. The number of aryl methyl sites for hydroxylation is 4. The minimum Gasteiger partial charge on any atom is -0.339 e. The molecule has 0 radical (unpaired) electrons. The summed E-state index contributed by atoms with van der Waals surface area (Å²) in [4.78, 5) is 19.1. The SMILES string of the molecule is Cc1ccc(-c2noc(C3CC(=O)N(c4cc(C)ccc4C)C3)n2)c(C)c1. The van der Waals surface area contributed by atoms with Gasteiger partial charge in [0.25, 0.3) is 0 Å². The first-order valence-electron chi connectivity index (χ1n) is 9.21. The highest BCUT2D eigenvalue weighted by atomic mass is 16.5. The molecule has 138 valence electrons. The minimum absolute atomic E-state index is 0.0792. The van der Waals surface area contributed by atoms with Crippen molar-refractivity contribution in [1.29, 1.82) is 0 Å². The summed E-state index contributed by atoms with van der Waals surface area (Å²) in [6.45, 7) is 8.73. The largest absolute Gasteiger partial charge is 0.339 e. The molecule has 0 bridgehead atoms. The standard InChI is InChI=1S/C22H23N3O2/c1-13-6-8-18(16(4)9-13)21-23-22(27-24-21)17-11-20(26)25(12-17)19-10-14(2)5-7-15(19)3/h5-10,17H,11-12H2,1-4H3. The van der Waals surface area contributed by atoms with Crippen molar-refractivity contribution in [2.45, 2.75) is 40.0 Å². The number of hydrogen-bond donors (Lipinski definition) is 0. The number of nitrogens with zero attached hydrogens (tertiary/aromatic N) is 3. The number of amides is 1. The zero-order chi connectivity index (χ0) is 19.1. The lowest BCUT2D eigenvalue weighted by molar-refractivity contribution is -0.117. The molecule has 5 nitrogen and oxygen atoms in total. The lowest BCUT2D eigenvalue weighted by Gasteiger charge is -2.19. The molecule has 1 aromatic heterocycles. The third-order valence-electron chi connectivity index (χ3n) is 5.19. The van der Waals surface area contributed by atoms with Gasteiger partial charge >= 0.3 is 0 Å². The summed E-state index contributed by atoms with van der Waals surface area (Å²) in [7, 11) is 0. The van der Waals surface area contributed by atoms with Crippen LogP contribution in [0.2, 0.25) is 0 Å². The Kier molecular flexibility index (Phi) is 4.30. The number of rotatable bonds is 3. The van der Waals surface area contributed by atoms with Crippen LogP contribution in [-0.4, -0.2) is 22.6 Å². The highest BCUT2D eigenvalue weighted by Crippen LogP contribution is 2.34. The highest BCUT2D eigenvalue weighted by Gasteiger charge is 2.35. The fourth-order valence-corrected chi connectivity index (χ4v) is 3.69. The Morgan fingerprint density at radius 2 is 1.74 bits per heavy atom. The van der Waals surface area contributed by atoms with E-state index in [1.54, 1.807) is 0 Å². The summed E-state index contributed by atoms with van der Waals surface area (Å²) in [6, 6.07) is 12.3. The molecular weight excluding hydrogens is 338 g/mol. The second-order valence-electron chi connectivity index (χ2n) is 7.47.